The van der Waals surface area contributed by atoms with Crippen LogP contribution in [0.4, 0.5) is 4.79 Å². The van der Waals surface area contributed by atoms with E-state index in [1.165, 1.54) is 18.6 Å². The fraction of sp³-hybridized carbons (Fsp3) is 0.938. The molecule has 1 fully saturated rings. The molecule has 0 aromatic carbocycles. The van der Waals surface area contributed by atoms with Crippen LogP contribution in [0.1, 0.15) is 33.6 Å². The van der Waals surface area contributed by atoms with Gasteiger partial charge in [-0.05, 0) is 65.3 Å². The van der Waals surface area contributed by atoms with Crippen LogP contribution in [0.25, 0.3) is 0 Å². The number of ether oxygens (including phenoxy) is 1. The molecule has 22 heavy (non-hydrogen) atoms. The molecule has 130 valence electrons. The molecule has 0 aliphatic carbocycles. The number of amides is 1. The van der Waals surface area contributed by atoms with E-state index in [0.717, 1.165) is 45.8 Å². The van der Waals surface area contributed by atoms with E-state index in [1.807, 2.05) is 37.4 Å². The second-order valence-corrected chi connectivity index (χ2v) is 7.74. The van der Waals surface area contributed by atoms with Crippen molar-refractivity contribution in [3.8, 4) is 0 Å². The molecule has 6 heteroatoms. The van der Waals surface area contributed by atoms with Crippen LogP contribution in [0.5, 0.6) is 0 Å². The highest BCUT2D eigenvalue weighted by Crippen LogP contribution is 2.11. The van der Waals surface area contributed by atoms with Crippen LogP contribution in [0.3, 0.4) is 0 Å². The Morgan fingerprint density at radius 3 is 2.36 bits per heavy atom. The molecule has 5 nitrogen and oxygen atoms in total. The van der Waals surface area contributed by atoms with Gasteiger partial charge in [0.2, 0.25) is 0 Å². The lowest BCUT2D eigenvalue weighted by Gasteiger charge is -2.35. The molecule has 0 unspecified atom stereocenters. The fourth-order valence-electron chi connectivity index (χ4n) is 2.37. The molecule has 0 spiro atoms. The average molecular weight is 332 g/mol. The summed E-state index contributed by atoms with van der Waals surface area (Å²) in [7, 11) is 0. The number of piperazine rings is 1. The summed E-state index contributed by atoms with van der Waals surface area (Å²) in [6.45, 7) is 12.5. The average Bonchev–Trinajstić information content (AvgIpc) is 2.45. The van der Waals surface area contributed by atoms with Gasteiger partial charge in [-0.1, -0.05) is 0 Å². The Labute approximate surface area is 140 Å². The Hall–Kier alpha value is -0.460. The lowest BCUT2D eigenvalue weighted by molar-refractivity contribution is 0.0144. The highest BCUT2D eigenvalue weighted by molar-refractivity contribution is 7.98. The standard InChI is InChI=1S/C16H33N3O2S/c1-16(2,3)21-15(20)19-12-10-18(11-13-19)9-5-7-17-8-6-14-22-4/h17H,5-14H2,1-4H3. The molecule has 1 aliphatic rings. The van der Waals surface area contributed by atoms with Crippen molar-refractivity contribution in [2.45, 2.75) is 39.2 Å². The minimum atomic E-state index is -0.407. The van der Waals surface area contributed by atoms with Crippen molar-refractivity contribution >= 4 is 17.9 Å². The van der Waals surface area contributed by atoms with Crippen LogP contribution in [-0.2, 0) is 4.74 Å². The zero-order valence-corrected chi connectivity index (χ0v) is 15.5. The monoisotopic (exact) mass is 331 g/mol. The molecule has 1 heterocycles. The van der Waals surface area contributed by atoms with Gasteiger partial charge in [0.1, 0.15) is 5.60 Å². The van der Waals surface area contributed by atoms with Gasteiger partial charge in [0.25, 0.3) is 0 Å². The van der Waals surface area contributed by atoms with E-state index in [2.05, 4.69) is 16.5 Å². The van der Waals surface area contributed by atoms with Gasteiger partial charge in [-0.25, -0.2) is 4.79 Å². The number of carbonyl (C=O) groups is 1. The fourth-order valence-corrected chi connectivity index (χ4v) is 2.81. The van der Waals surface area contributed by atoms with Crippen LogP contribution in [0.2, 0.25) is 0 Å². The Bertz CT molecular complexity index is 313. The maximum Gasteiger partial charge on any atom is 0.410 e. The third-order valence-electron chi connectivity index (χ3n) is 3.55. The predicted octanol–water partition coefficient (Wildman–Crippen LogP) is 2.27. The van der Waals surface area contributed by atoms with E-state index in [9.17, 15) is 4.79 Å². The minimum Gasteiger partial charge on any atom is -0.444 e. The largest absolute Gasteiger partial charge is 0.444 e. The molecule has 0 bridgehead atoms. The van der Waals surface area contributed by atoms with E-state index in [-0.39, 0.29) is 6.09 Å². The Kier molecular flexibility index (Phi) is 9.21. The number of hydrogen-bond donors (Lipinski definition) is 1. The van der Waals surface area contributed by atoms with E-state index in [4.69, 9.17) is 4.74 Å². The maximum absolute atomic E-state index is 12.0. The topological polar surface area (TPSA) is 44.8 Å². The number of hydrogen-bond acceptors (Lipinski definition) is 5. The van der Waals surface area contributed by atoms with E-state index >= 15 is 0 Å². The summed E-state index contributed by atoms with van der Waals surface area (Å²) in [6, 6.07) is 0. The first-order valence-electron chi connectivity index (χ1n) is 8.32. The third kappa shape index (κ3) is 8.86. The van der Waals surface area contributed by atoms with Crippen molar-refractivity contribution < 1.29 is 9.53 Å². The van der Waals surface area contributed by atoms with Gasteiger partial charge in [0.15, 0.2) is 0 Å². The van der Waals surface area contributed by atoms with Gasteiger partial charge >= 0.3 is 6.09 Å². The summed E-state index contributed by atoms with van der Waals surface area (Å²) in [4.78, 5) is 16.2. The van der Waals surface area contributed by atoms with Gasteiger partial charge in [0.05, 0.1) is 0 Å². The molecule has 0 radical (unpaired) electrons. The third-order valence-corrected chi connectivity index (χ3v) is 4.25. The van der Waals surface area contributed by atoms with E-state index < -0.39 is 5.60 Å². The molecule has 1 amide bonds. The van der Waals surface area contributed by atoms with Crippen molar-refractivity contribution in [1.82, 2.24) is 15.1 Å². The normalized spacial score (nSPS) is 16.8. The van der Waals surface area contributed by atoms with E-state index in [1.54, 1.807) is 0 Å². The summed E-state index contributed by atoms with van der Waals surface area (Å²) in [6.07, 6.45) is 4.39. The second kappa shape index (κ2) is 10.3. The Morgan fingerprint density at radius 1 is 1.14 bits per heavy atom. The van der Waals surface area contributed by atoms with Gasteiger partial charge in [-0.3, -0.25) is 4.90 Å². The van der Waals surface area contributed by atoms with E-state index in [0.29, 0.717) is 0 Å². The smallest absolute Gasteiger partial charge is 0.410 e. The van der Waals surface area contributed by atoms with Gasteiger partial charge in [-0.2, -0.15) is 11.8 Å². The molecule has 0 aromatic rings. The first-order valence-corrected chi connectivity index (χ1v) is 9.71. The summed E-state index contributed by atoms with van der Waals surface area (Å²) < 4.78 is 5.41. The second-order valence-electron chi connectivity index (χ2n) is 6.76. The lowest BCUT2D eigenvalue weighted by atomic mass is 10.2. The molecule has 1 aliphatic heterocycles. The van der Waals surface area contributed by atoms with Crippen LogP contribution in [-0.4, -0.2) is 79.3 Å². The van der Waals surface area contributed by atoms with Crippen molar-refractivity contribution in [1.29, 1.82) is 0 Å². The lowest BCUT2D eigenvalue weighted by Crippen LogP contribution is -2.50. The highest BCUT2D eigenvalue weighted by Gasteiger charge is 2.25. The summed E-state index contributed by atoms with van der Waals surface area (Å²) >= 11 is 1.90. The van der Waals surface area contributed by atoms with Crippen LogP contribution in [0, 0.1) is 0 Å². The number of thioether (sulfide) groups is 1. The van der Waals surface area contributed by atoms with Gasteiger partial charge < -0.3 is 15.0 Å². The molecule has 1 saturated heterocycles. The van der Waals surface area contributed by atoms with Crippen LogP contribution in [0.15, 0.2) is 0 Å². The number of carbonyl (C=O) groups excluding carboxylic acids is 1. The molecule has 1 rings (SSSR count). The van der Waals surface area contributed by atoms with Crippen molar-refractivity contribution in [3.63, 3.8) is 0 Å². The zero-order valence-electron chi connectivity index (χ0n) is 14.7. The molecule has 0 aromatic heterocycles. The Balaban J connectivity index is 2.06. The number of nitrogens with zero attached hydrogens (tertiary/aromatic N) is 2. The molecule has 0 saturated carbocycles. The number of nitrogens with one attached hydrogen (secondary N) is 1. The Morgan fingerprint density at radius 2 is 1.77 bits per heavy atom. The molecule has 1 N–H and O–H groups in total. The van der Waals surface area contributed by atoms with Crippen molar-refractivity contribution in [2.24, 2.45) is 0 Å². The summed E-state index contributed by atoms with van der Waals surface area (Å²) in [5.41, 5.74) is -0.407. The summed E-state index contributed by atoms with van der Waals surface area (Å²) in [5.74, 6) is 1.24. The number of rotatable bonds is 8. The molecule has 0 atom stereocenters. The molecular formula is C16H33N3O2S. The maximum atomic E-state index is 12.0. The highest BCUT2D eigenvalue weighted by atomic mass is 32.2. The van der Waals surface area contributed by atoms with Gasteiger partial charge in [0, 0.05) is 26.2 Å². The SMILES string of the molecule is CSCCCNCCCN1CCN(C(=O)OC(C)(C)C)CC1. The zero-order chi connectivity index (χ0) is 16.4. The van der Waals surface area contributed by atoms with Crippen LogP contribution >= 0.6 is 11.8 Å². The van der Waals surface area contributed by atoms with Crippen LogP contribution < -0.4 is 5.32 Å². The van der Waals surface area contributed by atoms with Gasteiger partial charge in [-0.15, -0.1) is 0 Å². The molecular weight excluding hydrogens is 298 g/mol. The minimum absolute atomic E-state index is 0.178. The first kappa shape index (κ1) is 19.6. The summed E-state index contributed by atoms with van der Waals surface area (Å²) in [5, 5.41) is 3.49. The van der Waals surface area contributed by atoms with Crippen molar-refractivity contribution in [3.05, 3.63) is 0 Å². The predicted molar refractivity (Wildman–Crippen MR) is 94.7 cm³/mol. The van der Waals surface area contributed by atoms with Crippen molar-refractivity contribution in [2.75, 3.05) is 57.8 Å². The quantitative estimate of drug-likeness (QED) is 0.691. The first-order chi connectivity index (χ1) is 10.4.